The molecule has 1 N–H and O–H groups in total. The van der Waals surface area contributed by atoms with Crippen LogP contribution in [0, 0.1) is 0 Å². The summed E-state index contributed by atoms with van der Waals surface area (Å²) in [5, 5.41) is 11.9. The van der Waals surface area contributed by atoms with Crippen molar-refractivity contribution in [3.8, 4) is 11.3 Å². The van der Waals surface area contributed by atoms with Crippen LogP contribution in [0.1, 0.15) is 16.1 Å². The van der Waals surface area contributed by atoms with Crippen LogP contribution in [-0.2, 0) is 6.18 Å². The van der Waals surface area contributed by atoms with Crippen molar-refractivity contribution in [1.82, 2.24) is 5.16 Å². The second-order valence-corrected chi connectivity index (χ2v) is 3.98. The lowest BCUT2D eigenvalue weighted by molar-refractivity contribution is -0.137. The first kappa shape index (κ1) is 13.4. The van der Waals surface area contributed by atoms with Crippen molar-refractivity contribution in [2.75, 3.05) is 0 Å². The number of nitrogens with zero attached hydrogens (tertiary/aromatic N) is 1. The lowest BCUT2D eigenvalue weighted by Crippen LogP contribution is -2.04. The fourth-order valence-corrected chi connectivity index (χ4v) is 1.60. The molecule has 19 heavy (non-hydrogen) atoms. The van der Waals surface area contributed by atoms with Crippen LogP contribution >= 0.6 is 11.6 Å². The standard InChI is InChI=1S/C11H5ClF3NO3/c12-7-2-1-5(11(13,14)15)3-6(7)9-4-8(10(17)18)16-19-9/h1-4H,(H,17,18). The van der Waals surface area contributed by atoms with E-state index in [2.05, 4.69) is 9.68 Å². The van der Waals surface area contributed by atoms with Gasteiger partial charge in [-0.05, 0) is 18.2 Å². The Kier molecular flexibility index (Phi) is 3.23. The Hall–Kier alpha value is -2.02. The van der Waals surface area contributed by atoms with Gasteiger partial charge in [0, 0.05) is 11.6 Å². The fraction of sp³-hybridized carbons (Fsp3) is 0.0909. The molecule has 0 radical (unpaired) electrons. The maximum atomic E-state index is 12.6. The van der Waals surface area contributed by atoms with E-state index >= 15 is 0 Å². The zero-order valence-corrected chi connectivity index (χ0v) is 9.79. The number of alkyl halides is 3. The third-order valence-electron chi connectivity index (χ3n) is 2.29. The van der Waals surface area contributed by atoms with Crippen LogP contribution in [-0.4, -0.2) is 16.2 Å². The molecule has 0 saturated heterocycles. The van der Waals surface area contributed by atoms with Gasteiger partial charge >= 0.3 is 12.1 Å². The molecule has 2 rings (SSSR count). The maximum absolute atomic E-state index is 12.6. The number of rotatable bonds is 2. The van der Waals surface area contributed by atoms with Gasteiger partial charge in [0.05, 0.1) is 10.6 Å². The van der Waals surface area contributed by atoms with Crippen LogP contribution in [0.5, 0.6) is 0 Å². The lowest BCUT2D eigenvalue weighted by Gasteiger charge is -2.08. The van der Waals surface area contributed by atoms with E-state index in [9.17, 15) is 18.0 Å². The largest absolute Gasteiger partial charge is 0.476 e. The molecule has 1 aromatic carbocycles. The summed E-state index contributed by atoms with van der Waals surface area (Å²) in [6.45, 7) is 0. The molecular weight excluding hydrogens is 287 g/mol. The minimum atomic E-state index is -4.53. The average molecular weight is 292 g/mol. The second-order valence-electron chi connectivity index (χ2n) is 3.57. The first-order valence-corrected chi connectivity index (χ1v) is 5.24. The van der Waals surface area contributed by atoms with Crippen molar-refractivity contribution in [3.05, 3.63) is 40.5 Å². The summed E-state index contributed by atoms with van der Waals surface area (Å²) in [6, 6.07) is 3.65. The molecule has 0 aliphatic rings. The van der Waals surface area contributed by atoms with Gasteiger partial charge in [-0.2, -0.15) is 13.2 Å². The summed E-state index contributed by atoms with van der Waals surface area (Å²) in [5.74, 6) is -1.49. The molecule has 0 saturated carbocycles. The summed E-state index contributed by atoms with van der Waals surface area (Å²) < 4.78 is 42.4. The van der Waals surface area contributed by atoms with E-state index in [1.807, 2.05) is 0 Å². The van der Waals surface area contributed by atoms with Gasteiger partial charge < -0.3 is 9.63 Å². The van der Waals surface area contributed by atoms with Crippen LogP contribution < -0.4 is 0 Å². The molecule has 2 aromatic rings. The van der Waals surface area contributed by atoms with Gasteiger partial charge in [-0.3, -0.25) is 0 Å². The lowest BCUT2D eigenvalue weighted by atomic mass is 10.1. The minimum Gasteiger partial charge on any atom is -0.476 e. The predicted octanol–water partition coefficient (Wildman–Crippen LogP) is 3.71. The van der Waals surface area contributed by atoms with E-state index < -0.39 is 23.4 Å². The normalized spacial score (nSPS) is 11.6. The summed E-state index contributed by atoms with van der Waals surface area (Å²) in [6.07, 6.45) is -4.53. The number of aromatic nitrogens is 1. The average Bonchev–Trinajstić information content (AvgIpc) is 2.77. The quantitative estimate of drug-likeness (QED) is 0.916. The second kappa shape index (κ2) is 4.58. The van der Waals surface area contributed by atoms with E-state index in [-0.39, 0.29) is 16.3 Å². The monoisotopic (exact) mass is 291 g/mol. The van der Waals surface area contributed by atoms with Gasteiger partial charge in [-0.15, -0.1) is 0 Å². The molecule has 4 nitrogen and oxygen atoms in total. The van der Waals surface area contributed by atoms with Crippen molar-refractivity contribution < 1.29 is 27.6 Å². The number of hydrogen-bond acceptors (Lipinski definition) is 3. The van der Waals surface area contributed by atoms with Crippen LogP contribution in [0.2, 0.25) is 5.02 Å². The summed E-state index contributed by atoms with van der Waals surface area (Å²) in [5.41, 5.74) is -1.40. The van der Waals surface area contributed by atoms with Gasteiger partial charge in [0.2, 0.25) is 0 Å². The summed E-state index contributed by atoms with van der Waals surface area (Å²) >= 11 is 5.77. The van der Waals surface area contributed by atoms with Crippen LogP contribution in [0.15, 0.2) is 28.8 Å². The Labute approximate surface area is 109 Å². The molecule has 0 spiro atoms. The van der Waals surface area contributed by atoms with Crippen LogP contribution in [0.25, 0.3) is 11.3 Å². The molecule has 100 valence electrons. The van der Waals surface area contributed by atoms with E-state index in [1.165, 1.54) is 0 Å². The smallest absolute Gasteiger partial charge is 0.416 e. The first-order valence-electron chi connectivity index (χ1n) is 4.86. The van der Waals surface area contributed by atoms with E-state index in [4.69, 9.17) is 16.7 Å². The maximum Gasteiger partial charge on any atom is 0.416 e. The van der Waals surface area contributed by atoms with E-state index in [1.54, 1.807) is 0 Å². The highest BCUT2D eigenvalue weighted by atomic mass is 35.5. The molecule has 0 unspecified atom stereocenters. The Morgan fingerprint density at radius 3 is 2.53 bits per heavy atom. The molecule has 0 aliphatic carbocycles. The SMILES string of the molecule is O=C(O)c1cc(-c2cc(C(F)(F)F)ccc2Cl)on1. The first-order chi connectivity index (χ1) is 8.79. The number of carbonyl (C=O) groups is 1. The van der Waals surface area contributed by atoms with Crippen molar-refractivity contribution in [2.45, 2.75) is 6.18 Å². The summed E-state index contributed by atoms with van der Waals surface area (Å²) in [7, 11) is 0. The molecule has 0 fully saturated rings. The minimum absolute atomic E-state index is 0.00101. The highest BCUT2D eigenvalue weighted by Crippen LogP contribution is 2.36. The third kappa shape index (κ3) is 2.70. The van der Waals surface area contributed by atoms with Gasteiger partial charge in [0.1, 0.15) is 0 Å². The van der Waals surface area contributed by atoms with E-state index in [0.29, 0.717) is 0 Å². The molecule has 1 aromatic heterocycles. The Bertz CT molecular complexity index is 636. The number of halogens is 4. The molecule has 8 heteroatoms. The number of carboxylic acids is 1. The highest BCUT2D eigenvalue weighted by Gasteiger charge is 2.31. The van der Waals surface area contributed by atoms with Crippen LogP contribution in [0.4, 0.5) is 13.2 Å². The molecule has 0 amide bonds. The fourth-order valence-electron chi connectivity index (χ4n) is 1.39. The molecule has 0 aliphatic heterocycles. The topological polar surface area (TPSA) is 63.3 Å². The molecule has 0 bridgehead atoms. The van der Waals surface area contributed by atoms with Crippen molar-refractivity contribution in [1.29, 1.82) is 0 Å². The van der Waals surface area contributed by atoms with E-state index in [0.717, 1.165) is 24.3 Å². The molecular formula is C11H5ClF3NO3. The number of carboxylic acid groups (broad SMARTS) is 1. The zero-order valence-electron chi connectivity index (χ0n) is 9.03. The number of aromatic carboxylic acids is 1. The van der Waals surface area contributed by atoms with Crippen molar-refractivity contribution in [2.24, 2.45) is 0 Å². The van der Waals surface area contributed by atoms with Gasteiger partial charge in [0.15, 0.2) is 11.5 Å². The van der Waals surface area contributed by atoms with Gasteiger partial charge in [-0.25, -0.2) is 4.79 Å². The van der Waals surface area contributed by atoms with Gasteiger partial charge in [0.25, 0.3) is 0 Å². The Balaban J connectivity index is 2.51. The number of hydrogen-bond donors (Lipinski definition) is 1. The predicted molar refractivity (Wildman–Crippen MR) is 58.9 cm³/mol. The zero-order chi connectivity index (χ0) is 14.2. The third-order valence-corrected chi connectivity index (χ3v) is 2.62. The molecule has 1 heterocycles. The molecule has 0 atom stereocenters. The van der Waals surface area contributed by atoms with Crippen molar-refractivity contribution >= 4 is 17.6 Å². The summed E-state index contributed by atoms with van der Waals surface area (Å²) in [4.78, 5) is 10.6. The van der Waals surface area contributed by atoms with Crippen LogP contribution in [0.3, 0.4) is 0 Å². The highest BCUT2D eigenvalue weighted by molar-refractivity contribution is 6.33. The van der Waals surface area contributed by atoms with Crippen molar-refractivity contribution in [3.63, 3.8) is 0 Å². The van der Waals surface area contributed by atoms with Gasteiger partial charge in [-0.1, -0.05) is 16.8 Å². The Morgan fingerprint density at radius 1 is 1.32 bits per heavy atom. The Morgan fingerprint density at radius 2 is 2.00 bits per heavy atom. The number of benzene rings is 1.